The molecule has 6 heteroatoms. The van der Waals surface area contributed by atoms with Crippen molar-refractivity contribution in [2.45, 2.75) is 19.8 Å². The molecule has 108 valence electrons. The van der Waals surface area contributed by atoms with Crippen molar-refractivity contribution in [2.24, 2.45) is 0 Å². The second-order valence-corrected chi connectivity index (χ2v) is 6.30. The van der Waals surface area contributed by atoms with Gasteiger partial charge in [0.2, 0.25) is 10.0 Å². The summed E-state index contributed by atoms with van der Waals surface area (Å²) in [7, 11) is 1.33. The average Bonchev–Trinajstić information content (AvgIpc) is 2.43. The smallest absolute Gasteiger partial charge is 0.234 e. The van der Waals surface area contributed by atoms with E-state index in [1.807, 2.05) is 6.92 Å². The second-order valence-electron chi connectivity index (χ2n) is 4.18. The third-order valence-corrected chi connectivity index (χ3v) is 4.75. The predicted molar refractivity (Wildman–Crippen MR) is 76.6 cm³/mol. The molecule has 0 amide bonds. The molecule has 0 atom stereocenters. The first kappa shape index (κ1) is 15.6. The van der Waals surface area contributed by atoms with Crippen LogP contribution in [0.5, 0.6) is 11.5 Å². The molecule has 0 radical (unpaired) electrons. The van der Waals surface area contributed by atoms with Crippen LogP contribution in [0.2, 0.25) is 0 Å². The van der Waals surface area contributed by atoms with Crippen molar-refractivity contribution in [1.29, 1.82) is 0 Å². The number of ether oxygens (including phenoxy) is 2. The lowest BCUT2D eigenvalue weighted by Gasteiger charge is -2.20. The normalized spacial score (nSPS) is 11.2. The summed E-state index contributed by atoms with van der Waals surface area (Å²) in [5.74, 6) is 1.23. The van der Waals surface area contributed by atoms with Crippen LogP contribution in [0.1, 0.15) is 19.8 Å². The van der Waals surface area contributed by atoms with E-state index in [0.29, 0.717) is 23.6 Å². The third-order valence-electron chi connectivity index (χ3n) is 2.90. The molecule has 0 aliphatic carbocycles. The molecule has 1 rings (SSSR count). The number of rotatable bonds is 7. The topological polar surface area (TPSA) is 55.8 Å². The van der Waals surface area contributed by atoms with E-state index in [-0.39, 0.29) is 5.75 Å². The lowest BCUT2D eigenvalue weighted by molar-refractivity contribution is 0.355. The second kappa shape index (κ2) is 6.65. The largest absolute Gasteiger partial charge is 0.493 e. The molecule has 0 aliphatic rings. The maximum Gasteiger partial charge on any atom is 0.234 e. The summed E-state index contributed by atoms with van der Waals surface area (Å²) in [6.45, 7) is 1.96. The number of benzene rings is 1. The summed E-state index contributed by atoms with van der Waals surface area (Å²) < 4.78 is 35.8. The maximum absolute atomic E-state index is 12.1. The fourth-order valence-corrected chi connectivity index (χ4v) is 3.01. The molecule has 0 fully saturated rings. The van der Waals surface area contributed by atoms with Gasteiger partial charge in [0.1, 0.15) is 0 Å². The molecule has 0 aliphatic heterocycles. The molecule has 0 saturated carbocycles. The first-order valence-electron chi connectivity index (χ1n) is 6.15. The quantitative estimate of drug-likeness (QED) is 0.772. The van der Waals surface area contributed by atoms with Crippen molar-refractivity contribution >= 4 is 15.7 Å². The van der Waals surface area contributed by atoms with Gasteiger partial charge in [-0.05, 0) is 18.6 Å². The molecule has 0 unspecified atom stereocenters. The molecule has 0 aromatic heterocycles. The lowest BCUT2D eigenvalue weighted by atomic mass is 10.3. The van der Waals surface area contributed by atoms with Crippen molar-refractivity contribution in [3.63, 3.8) is 0 Å². The summed E-state index contributed by atoms with van der Waals surface area (Å²) in [5, 5.41) is 0. The summed E-state index contributed by atoms with van der Waals surface area (Å²) in [6.07, 6.45) is 1.50. The van der Waals surface area contributed by atoms with Crippen LogP contribution in [0.4, 0.5) is 5.69 Å². The van der Waals surface area contributed by atoms with Crippen molar-refractivity contribution in [1.82, 2.24) is 0 Å². The van der Waals surface area contributed by atoms with Gasteiger partial charge in [0.25, 0.3) is 0 Å². The Labute approximate surface area is 115 Å². The van der Waals surface area contributed by atoms with Crippen molar-refractivity contribution in [3.05, 3.63) is 18.2 Å². The van der Waals surface area contributed by atoms with Gasteiger partial charge in [-0.1, -0.05) is 13.3 Å². The summed E-state index contributed by atoms with van der Waals surface area (Å²) in [4.78, 5) is 0. The number of unbranched alkanes of at least 4 members (excludes halogenated alkanes) is 1. The van der Waals surface area contributed by atoms with Crippen LogP contribution in [-0.4, -0.2) is 35.4 Å². The zero-order chi connectivity index (χ0) is 14.5. The monoisotopic (exact) mass is 287 g/mol. The van der Waals surface area contributed by atoms with Gasteiger partial charge < -0.3 is 9.47 Å². The van der Waals surface area contributed by atoms with Gasteiger partial charge in [-0.15, -0.1) is 0 Å². The van der Waals surface area contributed by atoms with E-state index in [1.54, 1.807) is 32.4 Å². The molecule has 0 bridgehead atoms. The summed E-state index contributed by atoms with van der Waals surface area (Å²) in [6, 6.07) is 5.05. The molecule has 0 N–H and O–H groups in total. The van der Waals surface area contributed by atoms with Gasteiger partial charge in [-0.25, -0.2) is 8.42 Å². The highest BCUT2D eigenvalue weighted by Crippen LogP contribution is 2.32. The Balaban J connectivity index is 3.03. The van der Waals surface area contributed by atoms with E-state index in [0.717, 1.165) is 6.42 Å². The summed E-state index contributed by atoms with van der Waals surface area (Å²) in [5.41, 5.74) is 0.564. The molecular weight excluding hydrogens is 266 g/mol. The van der Waals surface area contributed by atoms with Crippen LogP contribution in [0, 0.1) is 0 Å². The predicted octanol–water partition coefficient (Wildman–Crippen LogP) is 2.27. The van der Waals surface area contributed by atoms with Gasteiger partial charge in [-0.2, -0.15) is 0 Å². The Morgan fingerprint density at radius 1 is 1.16 bits per heavy atom. The minimum Gasteiger partial charge on any atom is -0.493 e. The van der Waals surface area contributed by atoms with Crippen molar-refractivity contribution in [3.8, 4) is 11.5 Å². The number of sulfonamides is 1. The van der Waals surface area contributed by atoms with Gasteiger partial charge in [0, 0.05) is 13.1 Å². The number of nitrogens with zero attached hydrogens (tertiary/aromatic N) is 1. The van der Waals surface area contributed by atoms with Gasteiger partial charge in [0.05, 0.1) is 25.7 Å². The fraction of sp³-hybridized carbons (Fsp3) is 0.538. The molecule has 19 heavy (non-hydrogen) atoms. The Kier molecular flexibility index (Phi) is 5.47. The number of hydrogen-bond acceptors (Lipinski definition) is 4. The van der Waals surface area contributed by atoms with E-state index >= 15 is 0 Å². The summed E-state index contributed by atoms with van der Waals surface area (Å²) >= 11 is 0. The molecular formula is C13H21NO4S. The highest BCUT2D eigenvalue weighted by Gasteiger charge is 2.19. The maximum atomic E-state index is 12.1. The molecule has 5 nitrogen and oxygen atoms in total. The van der Waals surface area contributed by atoms with Crippen LogP contribution in [0.15, 0.2) is 18.2 Å². The number of anilines is 1. The van der Waals surface area contributed by atoms with E-state index in [2.05, 4.69) is 0 Å². The minimum absolute atomic E-state index is 0.147. The first-order valence-corrected chi connectivity index (χ1v) is 7.75. The van der Waals surface area contributed by atoms with Crippen LogP contribution < -0.4 is 13.8 Å². The fourth-order valence-electron chi connectivity index (χ4n) is 1.65. The number of methoxy groups -OCH3 is 2. The standard InChI is InChI=1S/C13H21NO4S/c1-5-6-9-19(15,16)14(2)11-7-8-12(17-3)13(10-11)18-4/h7-8,10H,5-6,9H2,1-4H3. The Morgan fingerprint density at radius 3 is 2.32 bits per heavy atom. The number of hydrogen-bond donors (Lipinski definition) is 0. The van der Waals surface area contributed by atoms with E-state index in [9.17, 15) is 8.42 Å². The zero-order valence-corrected chi connectivity index (χ0v) is 12.7. The van der Waals surface area contributed by atoms with Crippen LogP contribution in [0.3, 0.4) is 0 Å². The van der Waals surface area contributed by atoms with Gasteiger partial charge >= 0.3 is 0 Å². The zero-order valence-electron chi connectivity index (χ0n) is 11.8. The van der Waals surface area contributed by atoms with Crippen LogP contribution in [-0.2, 0) is 10.0 Å². The lowest BCUT2D eigenvalue weighted by Crippen LogP contribution is -2.28. The van der Waals surface area contributed by atoms with Crippen molar-refractivity contribution < 1.29 is 17.9 Å². The van der Waals surface area contributed by atoms with E-state index in [1.165, 1.54) is 11.4 Å². The molecule has 0 spiro atoms. The van der Waals surface area contributed by atoms with E-state index < -0.39 is 10.0 Å². The van der Waals surface area contributed by atoms with Gasteiger partial charge in [0.15, 0.2) is 11.5 Å². The van der Waals surface area contributed by atoms with E-state index in [4.69, 9.17) is 9.47 Å². The SMILES string of the molecule is CCCCS(=O)(=O)N(C)c1ccc(OC)c(OC)c1. The Morgan fingerprint density at radius 2 is 1.79 bits per heavy atom. The van der Waals surface area contributed by atoms with Crippen LogP contribution >= 0.6 is 0 Å². The first-order chi connectivity index (χ1) is 8.96. The highest BCUT2D eigenvalue weighted by atomic mass is 32.2. The Bertz CT molecular complexity index is 513. The Hall–Kier alpha value is -1.43. The minimum atomic E-state index is -3.28. The van der Waals surface area contributed by atoms with Gasteiger partial charge in [-0.3, -0.25) is 4.31 Å². The third kappa shape index (κ3) is 3.76. The van der Waals surface area contributed by atoms with Crippen LogP contribution in [0.25, 0.3) is 0 Å². The highest BCUT2D eigenvalue weighted by molar-refractivity contribution is 7.92. The molecule has 0 saturated heterocycles. The average molecular weight is 287 g/mol. The molecule has 1 aromatic carbocycles. The van der Waals surface area contributed by atoms with Crippen molar-refractivity contribution in [2.75, 3.05) is 31.3 Å². The molecule has 0 heterocycles. The molecule has 1 aromatic rings.